The molecule has 4 rings (SSSR count). The van der Waals surface area contributed by atoms with Gasteiger partial charge in [0.2, 0.25) is 0 Å². The largest absolute Gasteiger partial charge is 0.462 e. The third-order valence-corrected chi connectivity index (χ3v) is 5.59. The van der Waals surface area contributed by atoms with Crippen molar-refractivity contribution in [1.82, 2.24) is 0 Å². The Labute approximate surface area is 169 Å². The molecular weight excluding hydrogens is 368 g/mol. The number of hydrogen-bond acceptors (Lipinski definition) is 5. The van der Waals surface area contributed by atoms with Gasteiger partial charge in [0.1, 0.15) is 0 Å². The third-order valence-electron chi connectivity index (χ3n) is 5.59. The third kappa shape index (κ3) is 3.75. The summed E-state index contributed by atoms with van der Waals surface area (Å²) in [6, 6.07) is 12.4. The summed E-state index contributed by atoms with van der Waals surface area (Å²) in [5.74, 6) is 0.386. The predicted molar refractivity (Wildman–Crippen MR) is 111 cm³/mol. The number of benzene rings is 2. The summed E-state index contributed by atoms with van der Waals surface area (Å²) in [5.41, 5.74) is 3.59. The molecule has 0 saturated heterocycles. The normalized spacial score (nSPS) is 22.0. The number of carbonyl (C=O) groups excluding carboxylic acids is 1. The lowest BCUT2D eigenvalue weighted by Gasteiger charge is -2.37. The molecule has 0 bridgehead atoms. The summed E-state index contributed by atoms with van der Waals surface area (Å²) in [4.78, 5) is 23.2. The van der Waals surface area contributed by atoms with Gasteiger partial charge in [-0.15, -0.1) is 0 Å². The van der Waals surface area contributed by atoms with E-state index < -0.39 is 0 Å². The second-order valence-electron chi connectivity index (χ2n) is 8.12. The van der Waals surface area contributed by atoms with Crippen LogP contribution >= 0.6 is 0 Å². The molecule has 2 aliphatic rings. The zero-order valence-electron chi connectivity index (χ0n) is 16.5. The molecule has 2 aromatic carbocycles. The fraction of sp³-hybridized carbons (Fsp3) is 0.348. The molecule has 0 spiro atoms. The van der Waals surface area contributed by atoms with Crippen molar-refractivity contribution in [3.8, 4) is 0 Å². The van der Waals surface area contributed by atoms with Crippen molar-refractivity contribution in [2.75, 3.05) is 11.9 Å². The van der Waals surface area contributed by atoms with Crippen LogP contribution in [-0.2, 0) is 4.74 Å². The van der Waals surface area contributed by atoms with Crippen LogP contribution in [0.1, 0.15) is 53.7 Å². The number of nitrogens with zero attached hydrogens (tertiary/aromatic N) is 1. The van der Waals surface area contributed by atoms with Crippen LogP contribution in [0.5, 0.6) is 0 Å². The summed E-state index contributed by atoms with van der Waals surface area (Å²) >= 11 is 0. The lowest BCUT2D eigenvalue weighted by atomic mass is 9.76. The topological polar surface area (TPSA) is 81.5 Å². The maximum atomic E-state index is 12.4. The standard InChI is InChI=1S/C23H24N2O4/c1-14(2)13-29-23(26)16-9-10-21-20(12-16)18-7-4-8-19(18)22(24-21)15-5-3-6-17(11-15)25(27)28/h3-7,9-12,14,18-19,22,24H,8,13H2,1-2H3. The van der Waals surface area contributed by atoms with Gasteiger partial charge in [-0.1, -0.05) is 38.1 Å². The van der Waals surface area contributed by atoms with Gasteiger partial charge >= 0.3 is 5.97 Å². The van der Waals surface area contributed by atoms with Crippen LogP contribution in [0.15, 0.2) is 54.6 Å². The number of non-ortho nitro benzene ring substituents is 1. The number of hydrogen-bond donors (Lipinski definition) is 1. The molecule has 1 heterocycles. The molecule has 6 nitrogen and oxygen atoms in total. The van der Waals surface area contributed by atoms with E-state index in [4.69, 9.17) is 4.74 Å². The van der Waals surface area contributed by atoms with Gasteiger partial charge in [0.15, 0.2) is 0 Å². The number of nitro groups is 1. The van der Waals surface area contributed by atoms with Gasteiger partial charge in [0.25, 0.3) is 5.69 Å². The second kappa shape index (κ2) is 7.70. The van der Waals surface area contributed by atoms with Gasteiger partial charge in [0, 0.05) is 23.7 Å². The Morgan fingerprint density at radius 1 is 1.28 bits per heavy atom. The van der Waals surface area contributed by atoms with Crippen LogP contribution in [-0.4, -0.2) is 17.5 Å². The van der Waals surface area contributed by atoms with Crippen molar-refractivity contribution < 1.29 is 14.5 Å². The van der Waals surface area contributed by atoms with Gasteiger partial charge in [-0.25, -0.2) is 4.79 Å². The Balaban J connectivity index is 1.65. The van der Waals surface area contributed by atoms with Crippen LogP contribution < -0.4 is 5.32 Å². The number of anilines is 1. The average molecular weight is 392 g/mol. The highest BCUT2D eigenvalue weighted by molar-refractivity contribution is 5.90. The first-order valence-corrected chi connectivity index (χ1v) is 9.92. The zero-order chi connectivity index (χ0) is 20.5. The number of allylic oxidation sites excluding steroid dienone is 2. The summed E-state index contributed by atoms with van der Waals surface area (Å²) < 4.78 is 5.38. The first-order valence-electron chi connectivity index (χ1n) is 9.92. The van der Waals surface area contributed by atoms with Crippen molar-refractivity contribution in [2.24, 2.45) is 11.8 Å². The predicted octanol–water partition coefficient (Wildman–Crippen LogP) is 5.23. The summed E-state index contributed by atoms with van der Waals surface area (Å²) in [7, 11) is 0. The van der Waals surface area contributed by atoms with Gasteiger partial charge in [-0.2, -0.15) is 0 Å². The molecule has 150 valence electrons. The molecule has 2 aromatic rings. The number of esters is 1. The van der Waals surface area contributed by atoms with Crippen molar-refractivity contribution in [1.29, 1.82) is 0 Å². The molecule has 6 heteroatoms. The van der Waals surface area contributed by atoms with E-state index in [0.29, 0.717) is 12.2 Å². The summed E-state index contributed by atoms with van der Waals surface area (Å²) in [6.07, 6.45) is 5.21. The van der Waals surface area contributed by atoms with Crippen molar-refractivity contribution in [3.05, 3.63) is 81.4 Å². The van der Waals surface area contributed by atoms with Gasteiger partial charge in [0.05, 0.1) is 23.1 Å². The van der Waals surface area contributed by atoms with E-state index in [0.717, 1.165) is 23.2 Å². The number of fused-ring (bicyclic) bond motifs is 3. The maximum Gasteiger partial charge on any atom is 0.338 e. The van der Waals surface area contributed by atoms with Crippen LogP contribution in [0, 0.1) is 22.0 Å². The first kappa shape index (κ1) is 19.2. The molecule has 0 radical (unpaired) electrons. The van der Waals surface area contributed by atoms with E-state index in [9.17, 15) is 14.9 Å². The lowest BCUT2D eigenvalue weighted by Crippen LogP contribution is -2.29. The van der Waals surface area contributed by atoms with Gasteiger partial charge in [-0.3, -0.25) is 10.1 Å². The molecule has 0 fully saturated rings. The Hall–Kier alpha value is -3.15. The Bertz CT molecular complexity index is 983. The van der Waals surface area contributed by atoms with Crippen LogP contribution in [0.4, 0.5) is 11.4 Å². The van der Waals surface area contributed by atoms with E-state index in [1.807, 2.05) is 32.0 Å². The van der Waals surface area contributed by atoms with E-state index in [1.165, 1.54) is 6.07 Å². The van der Waals surface area contributed by atoms with Crippen LogP contribution in [0.2, 0.25) is 0 Å². The van der Waals surface area contributed by atoms with E-state index in [-0.39, 0.29) is 40.4 Å². The van der Waals surface area contributed by atoms with Crippen molar-refractivity contribution in [3.63, 3.8) is 0 Å². The molecule has 29 heavy (non-hydrogen) atoms. The summed E-state index contributed by atoms with van der Waals surface area (Å²) in [6.45, 7) is 4.41. The molecule has 0 aromatic heterocycles. The Morgan fingerprint density at radius 3 is 2.86 bits per heavy atom. The molecule has 1 aliphatic carbocycles. The van der Waals surface area contributed by atoms with E-state index in [1.54, 1.807) is 18.2 Å². The number of nitro benzene ring substituents is 1. The van der Waals surface area contributed by atoms with Gasteiger partial charge < -0.3 is 10.1 Å². The minimum Gasteiger partial charge on any atom is -0.462 e. The summed E-state index contributed by atoms with van der Waals surface area (Å²) in [5, 5.41) is 14.7. The minimum absolute atomic E-state index is 0.0267. The minimum atomic E-state index is -0.361. The van der Waals surface area contributed by atoms with Gasteiger partial charge in [-0.05, 0) is 47.6 Å². The molecular formula is C23H24N2O4. The molecule has 0 amide bonds. The van der Waals surface area contributed by atoms with E-state index in [2.05, 4.69) is 17.5 Å². The van der Waals surface area contributed by atoms with E-state index >= 15 is 0 Å². The number of ether oxygens (including phenoxy) is 1. The van der Waals surface area contributed by atoms with Crippen LogP contribution in [0.25, 0.3) is 0 Å². The fourth-order valence-corrected chi connectivity index (χ4v) is 4.21. The lowest BCUT2D eigenvalue weighted by molar-refractivity contribution is -0.384. The highest BCUT2D eigenvalue weighted by atomic mass is 16.6. The molecule has 3 atom stereocenters. The fourth-order valence-electron chi connectivity index (χ4n) is 4.21. The highest BCUT2D eigenvalue weighted by Crippen LogP contribution is 2.50. The maximum absolute atomic E-state index is 12.4. The van der Waals surface area contributed by atoms with Crippen molar-refractivity contribution >= 4 is 17.3 Å². The SMILES string of the molecule is CC(C)COC(=O)c1ccc2c(c1)C1C=CCC1C(c1cccc([N+](=O)[O-])c1)N2. The first-order chi connectivity index (χ1) is 13.9. The molecule has 1 aliphatic heterocycles. The Morgan fingerprint density at radius 2 is 2.10 bits per heavy atom. The molecule has 3 unspecified atom stereocenters. The van der Waals surface area contributed by atoms with Crippen molar-refractivity contribution in [2.45, 2.75) is 32.2 Å². The monoisotopic (exact) mass is 392 g/mol. The average Bonchev–Trinajstić information content (AvgIpc) is 3.21. The highest BCUT2D eigenvalue weighted by Gasteiger charge is 2.38. The van der Waals surface area contributed by atoms with Crippen LogP contribution in [0.3, 0.4) is 0 Å². The quantitative estimate of drug-likeness (QED) is 0.326. The number of rotatable bonds is 5. The molecule has 1 N–H and O–H groups in total. The number of carbonyl (C=O) groups is 1. The Kier molecular flexibility index (Phi) is 5.09. The smallest absolute Gasteiger partial charge is 0.338 e. The molecule has 0 saturated carbocycles. The number of nitrogens with one attached hydrogen (secondary N) is 1. The second-order valence-corrected chi connectivity index (χ2v) is 8.12. The zero-order valence-corrected chi connectivity index (χ0v) is 16.5.